The Morgan fingerprint density at radius 1 is 1.47 bits per heavy atom. The maximum Gasteiger partial charge on any atom is 0.408 e. The Balaban J connectivity index is 2.96. The van der Waals surface area contributed by atoms with Crippen LogP contribution in [0.5, 0.6) is 0 Å². The number of hydrogen-bond acceptors (Lipinski definition) is 3. The Labute approximate surface area is 84.1 Å². The Kier molecular flexibility index (Phi) is 3.43. The molecule has 0 radical (unpaired) electrons. The molecule has 0 spiro atoms. The van der Waals surface area contributed by atoms with Gasteiger partial charge in [0, 0.05) is 0 Å². The smallest absolute Gasteiger partial charge is 0.296 e. The van der Waals surface area contributed by atoms with Gasteiger partial charge in [-0.25, -0.2) is 4.68 Å². The van der Waals surface area contributed by atoms with E-state index in [1.807, 2.05) is 0 Å². The molecule has 0 aromatic carbocycles. The van der Waals surface area contributed by atoms with E-state index < -0.39 is 12.7 Å². The van der Waals surface area contributed by atoms with E-state index in [4.69, 9.17) is 0 Å². The normalized spacial score (nSPS) is 11.7. The van der Waals surface area contributed by atoms with Crippen molar-refractivity contribution in [1.29, 1.82) is 0 Å². The van der Waals surface area contributed by atoms with Gasteiger partial charge in [0.05, 0.1) is 5.69 Å². The quantitative estimate of drug-likeness (QED) is 0.725. The highest BCUT2D eigenvalue weighted by Gasteiger charge is 2.30. The van der Waals surface area contributed by atoms with Crippen LogP contribution in [0.4, 0.5) is 13.2 Å². The van der Waals surface area contributed by atoms with E-state index in [1.165, 1.54) is 0 Å². The SMILES string of the molecule is CCCc1c(C=O)nnn1CC(F)(F)F. The summed E-state index contributed by atoms with van der Waals surface area (Å²) in [6.07, 6.45) is -2.94. The fourth-order valence-corrected chi connectivity index (χ4v) is 1.23. The van der Waals surface area contributed by atoms with Crippen molar-refractivity contribution >= 4 is 6.29 Å². The molecule has 7 heteroatoms. The number of aldehydes is 1. The Morgan fingerprint density at radius 2 is 2.13 bits per heavy atom. The second-order valence-electron chi connectivity index (χ2n) is 3.06. The molecule has 1 aromatic rings. The van der Waals surface area contributed by atoms with E-state index in [2.05, 4.69) is 10.3 Å². The predicted molar refractivity (Wildman–Crippen MR) is 45.5 cm³/mol. The Hall–Kier alpha value is -1.40. The highest BCUT2D eigenvalue weighted by Crippen LogP contribution is 2.19. The third-order valence-electron chi connectivity index (χ3n) is 1.80. The molecule has 0 fully saturated rings. The first-order valence-corrected chi connectivity index (χ1v) is 4.42. The van der Waals surface area contributed by atoms with Gasteiger partial charge in [-0.15, -0.1) is 5.10 Å². The van der Waals surface area contributed by atoms with Crippen LogP contribution in [-0.2, 0) is 13.0 Å². The number of carbonyl (C=O) groups is 1. The number of alkyl halides is 3. The van der Waals surface area contributed by atoms with Gasteiger partial charge in [-0.05, 0) is 6.42 Å². The molecular formula is C8H10F3N3O. The standard InChI is InChI=1S/C8H10F3N3O/c1-2-3-7-6(4-15)12-13-14(7)5-8(9,10)11/h4H,2-3,5H2,1H3. The number of aromatic nitrogens is 3. The molecule has 0 aliphatic carbocycles. The molecule has 0 aliphatic heterocycles. The molecule has 1 aromatic heterocycles. The van der Waals surface area contributed by atoms with Crippen molar-refractivity contribution in [2.75, 3.05) is 0 Å². The van der Waals surface area contributed by atoms with E-state index in [0.29, 0.717) is 19.1 Å². The van der Waals surface area contributed by atoms with Crippen LogP contribution >= 0.6 is 0 Å². The van der Waals surface area contributed by atoms with Gasteiger partial charge < -0.3 is 0 Å². The number of rotatable bonds is 4. The molecule has 15 heavy (non-hydrogen) atoms. The lowest BCUT2D eigenvalue weighted by Gasteiger charge is -2.08. The summed E-state index contributed by atoms with van der Waals surface area (Å²) in [5.41, 5.74) is 0.228. The average Bonchev–Trinajstić information content (AvgIpc) is 2.47. The van der Waals surface area contributed by atoms with Crippen molar-refractivity contribution in [3.05, 3.63) is 11.4 Å². The molecule has 1 heterocycles. The molecule has 1 rings (SSSR count). The molecule has 84 valence electrons. The summed E-state index contributed by atoms with van der Waals surface area (Å²) >= 11 is 0. The lowest BCUT2D eigenvalue weighted by atomic mass is 10.2. The largest absolute Gasteiger partial charge is 0.408 e. The van der Waals surface area contributed by atoms with Crippen LogP contribution in [0.2, 0.25) is 0 Å². The van der Waals surface area contributed by atoms with Crippen LogP contribution in [0.3, 0.4) is 0 Å². The van der Waals surface area contributed by atoms with Crippen LogP contribution in [0.1, 0.15) is 29.5 Å². The summed E-state index contributed by atoms with van der Waals surface area (Å²) < 4.78 is 37.0. The zero-order valence-corrected chi connectivity index (χ0v) is 8.08. The molecule has 0 amide bonds. The second-order valence-corrected chi connectivity index (χ2v) is 3.06. The van der Waals surface area contributed by atoms with Gasteiger partial charge in [-0.1, -0.05) is 18.6 Å². The van der Waals surface area contributed by atoms with Crippen LogP contribution < -0.4 is 0 Å². The summed E-state index contributed by atoms with van der Waals surface area (Å²) in [5.74, 6) is 0. The summed E-state index contributed by atoms with van der Waals surface area (Å²) in [5, 5.41) is 6.69. The molecular weight excluding hydrogens is 211 g/mol. The third kappa shape index (κ3) is 3.03. The van der Waals surface area contributed by atoms with Gasteiger partial charge in [-0.3, -0.25) is 4.79 Å². The maximum absolute atomic E-state index is 12.1. The van der Waals surface area contributed by atoms with Crippen molar-refractivity contribution in [3.8, 4) is 0 Å². The summed E-state index contributed by atoms with van der Waals surface area (Å²) in [4.78, 5) is 10.5. The van der Waals surface area contributed by atoms with Crippen LogP contribution in [0.25, 0.3) is 0 Å². The van der Waals surface area contributed by atoms with Gasteiger partial charge in [0.25, 0.3) is 0 Å². The number of carbonyl (C=O) groups excluding carboxylic acids is 1. The van der Waals surface area contributed by atoms with Crippen LogP contribution in [-0.4, -0.2) is 27.5 Å². The molecule has 0 N–H and O–H groups in total. The van der Waals surface area contributed by atoms with E-state index >= 15 is 0 Å². The van der Waals surface area contributed by atoms with E-state index in [1.54, 1.807) is 6.92 Å². The average molecular weight is 221 g/mol. The molecule has 4 nitrogen and oxygen atoms in total. The van der Waals surface area contributed by atoms with Crippen molar-refractivity contribution in [2.24, 2.45) is 0 Å². The Morgan fingerprint density at radius 3 is 2.60 bits per heavy atom. The number of nitrogens with zero attached hydrogens (tertiary/aromatic N) is 3. The molecule has 0 bridgehead atoms. The van der Waals surface area contributed by atoms with Crippen LogP contribution in [0.15, 0.2) is 0 Å². The molecule has 0 unspecified atom stereocenters. The summed E-state index contributed by atoms with van der Waals surface area (Å²) in [6, 6.07) is 0. The van der Waals surface area contributed by atoms with Crippen LogP contribution in [0, 0.1) is 0 Å². The van der Waals surface area contributed by atoms with Crippen molar-refractivity contribution in [3.63, 3.8) is 0 Å². The first-order valence-electron chi connectivity index (χ1n) is 4.42. The number of hydrogen-bond donors (Lipinski definition) is 0. The fourth-order valence-electron chi connectivity index (χ4n) is 1.23. The highest BCUT2D eigenvalue weighted by atomic mass is 19.4. The lowest BCUT2D eigenvalue weighted by molar-refractivity contribution is -0.143. The topological polar surface area (TPSA) is 47.8 Å². The van der Waals surface area contributed by atoms with Gasteiger partial charge in [-0.2, -0.15) is 13.2 Å². The van der Waals surface area contributed by atoms with Crippen molar-refractivity contribution in [2.45, 2.75) is 32.5 Å². The van der Waals surface area contributed by atoms with E-state index in [9.17, 15) is 18.0 Å². The monoisotopic (exact) mass is 221 g/mol. The highest BCUT2D eigenvalue weighted by molar-refractivity contribution is 5.73. The molecule has 0 saturated carbocycles. The minimum Gasteiger partial charge on any atom is -0.296 e. The third-order valence-corrected chi connectivity index (χ3v) is 1.80. The van der Waals surface area contributed by atoms with Gasteiger partial charge in [0.15, 0.2) is 6.29 Å². The van der Waals surface area contributed by atoms with Gasteiger partial charge in [0.2, 0.25) is 0 Å². The molecule has 0 atom stereocenters. The zero-order chi connectivity index (χ0) is 11.5. The van der Waals surface area contributed by atoms with Crippen molar-refractivity contribution in [1.82, 2.24) is 15.0 Å². The minimum absolute atomic E-state index is 0.0129. The minimum atomic E-state index is -4.35. The Bertz CT molecular complexity index is 345. The van der Waals surface area contributed by atoms with Gasteiger partial charge in [0.1, 0.15) is 12.2 Å². The maximum atomic E-state index is 12.1. The fraction of sp³-hybridized carbons (Fsp3) is 0.625. The summed E-state index contributed by atoms with van der Waals surface area (Å²) in [7, 11) is 0. The van der Waals surface area contributed by atoms with Gasteiger partial charge >= 0.3 is 6.18 Å². The first kappa shape index (κ1) is 11.7. The summed E-state index contributed by atoms with van der Waals surface area (Å²) in [6.45, 7) is 0.600. The van der Waals surface area contributed by atoms with E-state index in [-0.39, 0.29) is 11.4 Å². The molecule has 0 saturated heterocycles. The number of halogens is 3. The molecule has 0 aliphatic rings. The zero-order valence-electron chi connectivity index (χ0n) is 8.08. The van der Waals surface area contributed by atoms with E-state index in [0.717, 1.165) is 4.68 Å². The lowest BCUT2D eigenvalue weighted by Crippen LogP contribution is -2.20. The second kappa shape index (κ2) is 4.41. The van der Waals surface area contributed by atoms with Crippen molar-refractivity contribution < 1.29 is 18.0 Å². The predicted octanol–water partition coefficient (Wildman–Crippen LogP) is 1.61. The first-order chi connectivity index (χ1) is 6.98.